The van der Waals surface area contributed by atoms with Gasteiger partial charge in [-0.1, -0.05) is 37.5 Å². The average molecular weight is 274 g/mol. The Hall–Kier alpha value is -1.02. The number of benzene rings is 1. The van der Waals surface area contributed by atoms with E-state index in [2.05, 4.69) is 54.5 Å². The van der Waals surface area contributed by atoms with Crippen LogP contribution < -0.4 is 10.2 Å². The van der Waals surface area contributed by atoms with E-state index in [0.717, 1.165) is 19.0 Å². The zero-order valence-electron chi connectivity index (χ0n) is 13.1. The van der Waals surface area contributed by atoms with Crippen LogP contribution >= 0.6 is 0 Å². The molecule has 0 heterocycles. The summed E-state index contributed by atoms with van der Waals surface area (Å²) >= 11 is 0. The molecule has 1 fully saturated rings. The molecule has 1 aromatic carbocycles. The second-order valence-electron chi connectivity index (χ2n) is 6.25. The molecule has 1 aliphatic rings. The maximum atomic E-state index is 3.73. The third-order valence-corrected chi connectivity index (χ3v) is 4.69. The molecule has 1 atom stereocenters. The van der Waals surface area contributed by atoms with E-state index in [1.54, 1.807) is 0 Å². The lowest BCUT2D eigenvalue weighted by Gasteiger charge is -2.28. The fraction of sp³-hybridized carbons (Fsp3) is 0.667. The van der Waals surface area contributed by atoms with Crippen LogP contribution in [0.4, 0.5) is 5.69 Å². The van der Waals surface area contributed by atoms with Gasteiger partial charge in [-0.25, -0.2) is 0 Å². The summed E-state index contributed by atoms with van der Waals surface area (Å²) in [7, 11) is 2.18. The van der Waals surface area contributed by atoms with Gasteiger partial charge in [0, 0.05) is 25.3 Å². The second-order valence-corrected chi connectivity index (χ2v) is 6.25. The highest BCUT2D eigenvalue weighted by atomic mass is 15.1. The SMILES string of the molecule is CC(NCCCN(C)c1ccccc1)C1CCCCC1. The third-order valence-electron chi connectivity index (χ3n) is 4.69. The third kappa shape index (κ3) is 4.82. The molecule has 1 aliphatic carbocycles. The van der Waals surface area contributed by atoms with Gasteiger partial charge in [0.05, 0.1) is 0 Å². The first-order valence-electron chi connectivity index (χ1n) is 8.27. The van der Waals surface area contributed by atoms with Crippen molar-refractivity contribution >= 4 is 5.69 Å². The van der Waals surface area contributed by atoms with Gasteiger partial charge in [-0.05, 0) is 50.8 Å². The Morgan fingerprint density at radius 3 is 2.55 bits per heavy atom. The number of anilines is 1. The first kappa shape index (κ1) is 15.4. The van der Waals surface area contributed by atoms with E-state index < -0.39 is 0 Å². The van der Waals surface area contributed by atoms with Gasteiger partial charge in [-0.2, -0.15) is 0 Å². The predicted octanol–water partition coefficient (Wildman–Crippen LogP) is 4.07. The average Bonchev–Trinajstić information content (AvgIpc) is 2.53. The number of nitrogens with one attached hydrogen (secondary N) is 1. The molecule has 1 unspecified atom stereocenters. The molecule has 0 aliphatic heterocycles. The summed E-state index contributed by atoms with van der Waals surface area (Å²) in [5.41, 5.74) is 1.31. The lowest BCUT2D eigenvalue weighted by Crippen LogP contribution is -2.36. The Morgan fingerprint density at radius 2 is 1.85 bits per heavy atom. The smallest absolute Gasteiger partial charge is 0.0363 e. The van der Waals surface area contributed by atoms with Crippen LogP contribution in [0, 0.1) is 5.92 Å². The summed E-state index contributed by atoms with van der Waals surface area (Å²) in [6, 6.07) is 11.3. The summed E-state index contributed by atoms with van der Waals surface area (Å²) in [4.78, 5) is 2.34. The van der Waals surface area contributed by atoms with Gasteiger partial charge in [-0.15, -0.1) is 0 Å². The zero-order chi connectivity index (χ0) is 14.2. The van der Waals surface area contributed by atoms with Gasteiger partial charge in [0.1, 0.15) is 0 Å². The van der Waals surface area contributed by atoms with E-state index in [-0.39, 0.29) is 0 Å². The fourth-order valence-corrected chi connectivity index (χ4v) is 3.26. The standard InChI is InChI=1S/C18H30N2/c1-16(17-10-5-3-6-11-17)19-14-9-15-20(2)18-12-7-4-8-13-18/h4,7-8,12-13,16-17,19H,3,5-6,9-11,14-15H2,1-2H3. The normalized spacial score (nSPS) is 17.9. The molecule has 0 aromatic heterocycles. The zero-order valence-corrected chi connectivity index (χ0v) is 13.1. The van der Waals surface area contributed by atoms with Crippen molar-refractivity contribution in [2.45, 2.75) is 51.5 Å². The van der Waals surface area contributed by atoms with Crippen LogP contribution in [-0.2, 0) is 0 Å². The predicted molar refractivity (Wildman–Crippen MR) is 88.4 cm³/mol. The number of para-hydroxylation sites is 1. The van der Waals surface area contributed by atoms with Gasteiger partial charge in [0.15, 0.2) is 0 Å². The minimum atomic E-state index is 0.692. The fourth-order valence-electron chi connectivity index (χ4n) is 3.26. The lowest BCUT2D eigenvalue weighted by molar-refractivity contribution is 0.281. The van der Waals surface area contributed by atoms with Crippen molar-refractivity contribution in [3.05, 3.63) is 30.3 Å². The molecule has 112 valence electrons. The molecule has 1 saturated carbocycles. The molecule has 0 saturated heterocycles. The van der Waals surface area contributed by atoms with Crippen molar-refractivity contribution in [1.82, 2.24) is 5.32 Å². The van der Waals surface area contributed by atoms with Crippen LogP contribution in [0.15, 0.2) is 30.3 Å². The second kappa shape index (κ2) is 8.31. The maximum Gasteiger partial charge on any atom is 0.0363 e. The van der Waals surface area contributed by atoms with Crippen LogP contribution in [0.3, 0.4) is 0 Å². The van der Waals surface area contributed by atoms with Crippen molar-refractivity contribution in [1.29, 1.82) is 0 Å². The van der Waals surface area contributed by atoms with Crippen LogP contribution in [-0.4, -0.2) is 26.2 Å². The van der Waals surface area contributed by atoms with E-state index >= 15 is 0 Å². The largest absolute Gasteiger partial charge is 0.375 e. The molecule has 0 bridgehead atoms. The van der Waals surface area contributed by atoms with Gasteiger partial charge in [0.25, 0.3) is 0 Å². The van der Waals surface area contributed by atoms with Crippen LogP contribution in [0.5, 0.6) is 0 Å². The number of hydrogen-bond acceptors (Lipinski definition) is 2. The van der Waals surface area contributed by atoms with Crippen molar-refractivity contribution in [3.63, 3.8) is 0 Å². The number of nitrogens with zero attached hydrogens (tertiary/aromatic N) is 1. The molecule has 2 heteroatoms. The van der Waals surface area contributed by atoms with E-state index in [1.165, 1.54) is 44.2 Å². The highest BCUT2D eigenvalue weighted by molar-refractivity contribution is 5.44. The van der Waals surface area contributed by atoms with Crippen molar-refractivity contribution < 1.29 is 0 Å². The molecule has 0 amide bonds. The molecule has 20 heavy (non-hydrogen) atoms. The maximum absolute atomic E-state index is 3.73. The molecule has 1 aromatic rings. The van der Waals surface area contributed by atoms with E-state index in [4.69, 9.17) is 0 Å². The van der Waals surface area contributed by atoms with Crippen LogP contribution in [0.2, 0.25) is 0 Å². The topological polar surface area (TPSA) is 15.3 Å². The summed E-state index contributed by atoms with van der Waals surface area (Å²) in [6.07, 6.45) is 8.39. The number of rotatable bonds is 7. The molecular formula is C18H30N2. The molecule has 2 nitrogen and oxygen atoms in total. The first-order valence-corrected chi connectivity index (χ1v) is 8.27. The minimum absolute atomic E-state index is 0.692. The Bertz CT molecular complexity index is 357. The molecule has 1 N–H and O–H groups in total. The Labute approximate surface area is 124 Å². The summed E-state index contributed by atoms with van der Waals surface area (Å²) in [6.45, 7) is 4.63. The summed E-state index contributed by atoms with van der Waals surface area (Å²) in [5, 5.41) is 3.73. The van der Waals surface area contributed by atoms with Gasteiger partial charge in [-0.3, -0.25) is 0 Å². The highest BCUT2D eigenvalue weighted by Gasteiger charge is 2.19. The van der Waals surface area contributed by atoms with Crippen molar-refractivity contribution in [3.8, 4) is 0 Å². The Balaban J connectivity index is 1.61. The molecule has 0 radical (unpaired) electrons. The van der Waals surface area contributed by atoms with Crippen molar-refractivity contribution in [2.24, 2.45) is 5.92 Å². The van der Waals surface area contributed by atoms with Gasteiger partial charge < -0.3 is 10.2 Å². The summed E-state index contributed by atoms with van der Waals surface area (Å²) in [5.74, 6) is 0.913. The summed E-state index contributed by atoms with van der Waals surface area (Å²) < 4.78 is 0. The molecular weight excluding hydrogens is 244 g/mol. The Kier molecular flexibility index (Phi) is 6.38. The number of hydrogen-bond donors (Lipinski definition) is 1. The van der Waals surface area contributed by atoms with E-state index in [9.17, 15) is 0 Å². The van der Waals surface area contributed by atoms with Crippen LogP contribution in [0.25, 0.3) is 0 Å². The van der Waals surface area contributed by atoms with E-state index in [0.29, 0.717) is 6.04 Å². The quantitative estimate of drug-likeness (QED) is 0.754. The minimum Gasteiger partial charge on any atom is -0.375 e. The first-order chi connectivity index (χ1) is 9.77. The lowest BCUT2D eigenvalue weighted by atomic mass is 9.84. The monoisotopic (exact) mass is 274 g/mol. The highest BCUT2D eigenvalue weighted by Crippen LogP contribution is 2.26. The molecule has 2 rings (SSSR count). The van der Waals surface area contributed by atoms with Gasteiger partial charge in [0.2, 0.25) is 0 Å². The van der Waals surface area contributed by atoms with Crippen molar-refractivity contribution in [2.75, 3.05) is 25.0 Å². The van der Waals surface area contributed by atoms with Crippen LogP contribution in [0.1, 0.15) is 45.4 Å². The molecule has 0 spiro atoms. The van der Waals surface area contributed by atoms with Gasteiger partial charge >= 0.3 is 0 Å². The van der Waals surface area contributed by atoms with E-state index in [1.807, 2.05) is 0 Å². The Morgan fingerprint density at radius 1 is 1.15 bits per heavy atom.